The first-order valence-electron chi connectivity index (χ1n) is 5.75. The normalized spacial score (nSPS) is 12.8. The largest absolute Gasteiger partial charge is 0.494 e. The van der Waals surface area contributed by atoms with Gasteiger partial charge in [0, 0.05) is 0 Å². The molecule has 1 rings (SSSR count). The molecule has 0 bridgehead atoms. The van der Waals surface area contributed by atoms with Gasteiger partial charge in [0.1, 0.15) is 16.7 Å². The highest BCUT2D eigenvalue weighted by molar-refractivity contribution is 6.44. The SMILES string of the molecule is CCCCOc1ccc(C(O)C(Cl)Cl)c(C)c1. The minimum atomic E-state index is -0.858. The Bertz CT molecular complexity index is 353. The molecular formula is C13H18Cl2O2. The quantitative estimate of drug-likeness (QED) is 0.628. The van der Waals surface area contributed by atoms with Crippen molar-refractivity contribution in [1.82, 2.24) is 0 Å². The van der Waals surface area contributed by atoms with Crippen molar-refractivity contribution in [3.05, 3.63) is 29.3 Å². The zero-order valence-electron chi connectivity index (χ0n) is 10.1. The smallest absolute Gasteiger partial charge is 0.137 e. The third-order valence-electron chi connectivity index (χ3n) is 2.57. The van der Waals surface area contributed by atoms with Crippen LogP contribution in [0, 0.1) is 6.92 Å². The van der Waals surface area contributed by atoms with Crippen LogP contribution in [0.1, 0.15) is 37.0 Å². The average molecular weight is 277 g/mol. The Morgan fingerprint density at radius 2 is 2.06 bits per heavy atom. The molecule has 0 spiro atoms. The summed E-state index contributed by atoms with van der Waals surface area (Å²) < 4.78 is 5.57. The fourth-order valence-electron chi connectivity index (χ4n) is 1.54. The van der Waals surface area contributed by atoms with E-state index in [4.69, 9.17) is 27.9 Å². The number of halogens is 2. The van der Waals surface area contributed by atoms with Gasteiger partial charge in [0.2, 0.25) is 0 Å². The maximum absolute atomic E-state index is 9.78. The summed E-state index contributed by atoms with van der Waals surface area (Å²) >= 11 is 11.3. The van der Waals surface area contributed by atoms with Gasteiger partial charge < -0.3 is 9.84 Å². The molecule has 96 valence electrons. The van der Waals surface area contributed by atoms with Crippen LogP contribution in [-0.4, -0.2) is 16.5 Å². The minimum absolute atomic E-state index is 0.714. The van der Waals surface area contributed by atoms with Gasteiger partial charge in [-0.25, -0.2) is 0 Å². The van der Waals surface area contributed by atoms with Crippen molar-refractivity contribution in [2.45, 2.75) is 37.6 Å². The van der Waals surface area contributed by atoms with Crippen LogP contribution in [-0.2, 0) is 0 Å². The van der Waals surface area contributed by atoms with E-state index in [-0.39, 0.29) is 0 Å². The maximum atomic E-state index is 9.78. The molecular weight excluding hydrogens is 259 g/mol. The predicted molar refractivity (Wildman–Crippen MR) is 72.0 cm³/mol. The van der Waals surface area contributed by atoms with E-state index in [9.17, 15) is 5.11 Å². The lowest BCUT2D eigenvalue weighted by Gasteiger charge is -2.15. The topological polar surface area (TPSA) is 29.5 Å². The van der Waals surface area contributed by atoms with Crippen LogP contribution in [0.4, 0.5) is 0 Å². The van der Waals surface area contributed by atoms with Crippen molar-refractivity contribution < 1.29 is 9.84 Å². The number of rotatable bonds is 6. The third kappa shape index (κ3) is 4.38. The molecule has 4 heteroatoms. The van der Waals surface area contributed by atoms with Gasteiger partial charge in [-0.05, 0) is 36.6 Å². The van der Waals surface area contributed by atoms with E-state index < -0.39 is 10.9 Å². The molecule has 1 aromatic carbocycles. The van der Waals surface area contributed by atoms with E-state index in [1.165, 1.54) is 0 Å². The number of unbranched alkanes of at least 4 members (excludes halogenated alkanes) is 1. The number of aliphatic hydroxyl groups is 1. The van der Waals surface area contributed by atoms with Crippen LogP contribution in [0.25, 0.3) is 0 Å². The molecule has 0 aliphatic rings. The molecule has 0 aliphatic heterocycles. The van der Waals surface area contributed by atoms with Gasteiger partial charge in [0.05, 0.1) is 6.61 Å². The second-order valence-electron chi connectivity index (χ2n) is 4.00. The molecule has 1 atom stereocenters. The highest BCUT2D eigenvalue weighted by atomic mass is 35.5. The lowest BCUT2D eigenvalue weighted by atomic mass is 10.0. The fraction of sp³-hybridized carbons (Fsp3) is 0.538. The van der Waals surface area contributed by atoms with Gasteiger partial charge in [0.15, 0.2) is 0 Å². The number of benzene rings is 1. The second-order valence-corrected chi connectivity index (χ2v) is 5.16. The van der Waals surface area contributed by atoms with Crippen molar-refractivity contribution in [2.24, 2.45) is 0 Å². The van der Waals surface area contributed by atoms with Gasteiger partial charge >= 0.3 is 0 Å². The van der Waals surface area contributed by atoms with E-state index in [2.05, 4.69) is 6.92 Å². The Balaban J connectivity index is 2.72. The maximum Gasteiger partial charge on any atom is 0.137 e. The third-order valence-corrected chi connectivity index (χ3v) is 3.04. The number of hydrogen-bond acceptors (Lipinski definition) is 2. The summed E-state index contributed by atoms with van der Waals surface area (Å²) in [6.07, 6.45) is 1.29. The number of ether oxygens (including phenoxy) is 1. The Hall–Kier alpha value is -0.440. The van der Waals surface area contributed by atoms with Gasteiger partial charge in [0.25, 0.3) is 0 Å². The van der Waals surface area contributed by atoms with Crippen LogP contribution >= 0.6 is 23.2 Å². The summed E-state index contributed by atoms with van der Waals surface area (Å²) in [6, 6.07) is 5.53. The first kappa shape index (κ1) is 14.6. The fourth-order valence-corrected chi connectivity index (χ4v) is 1.81. The Kier molecular flexibility index (Phi) is 6.10. The highest BCUT2D eigenvalue weighted by Crippen LogP contribution is 2.28. The van der Waals surface area contributed by atoms with Crippen LogP contribution in [0.5, 0.6) is 5.75 Å². The molecule has 0 aromatic heterocycles. The first-order valence-corrected chi connectivity index (χ1v) is 6.63. The number of aliphatic hydroxyl groups excluding tert-OH is 1. The molecule has 17 heavy (non-hydrogen) atoms. The lowest BCUT2D eigenvalue weighted by Crippen LogP contribution is -2.08. The van der Waals surface area contributed by atoms with E-state index in [1.54, 1.807) is 6.07 Å². The number of hydrogen-bond donors (Lipinski definition) is 1. The summed E-state index contributed by atoms with van der Waals surface area (Å²) in [7, 11) is 0. The molecule has 1 unspecified atom stereocenters. The molecule has 0 saturated heterocycles. The average Bonchev–Trinajstić information content (AvgIpc) is 2.28. The van der Waals surface area contributed by atoms with Gasteiger partial charge in [-0.15, -0.1) is 23.2 Å². The van der Waals surface area contributed by atoms with Crippen molar-refractivity contribution >= 4 is 23.2 Å². The van der Waals surface area contributed by atoms with Gasteiger partial charge in [-0.3, -0.25) is 0 Å². The molecule has 0 radical (unpaired) electrons. The predicted octanol–water partition coefficient (Wildman–Crippen LogP) is 4.01. The first-order chi connectivity index (χ1) is 8.06. The molecule has 0 heterocycles. The van der Waals surface area contributed by atoms with Crippen LogP contribution in [0.15, 0.2) is 18.2 Å². The van der Waals surface area contributed by atoms with Crippen molar-refractivity contribution in [2.75, 3.05) is 6.61 Å². The zero-order valence-corrected chi connectivity index (χ0v) is 11.6. The van der Waals surface area contributed by atoms with E-state index >= 15 is 0 Å². The van der Waals surface area contributed by atoms with Crippen molar-refractivity contribution in [3.8, 4) is 5.75 Å². The standard InChI is InChI=1S/C13H18Cl2O2/c1-3-4-7-17-10-5-6-11(9(2)8-10)12(16)13(14)15/h5-6,8,12-13,16H,3-4,7H2,1-2H3. The molecule has 1 N–H and O–H groups in total. The van der Waals surface area contributed by atoms with E-state index in [0.717, 1.165) is 29.7 Å². The Morgan fingerprint density at radius 1 is 1.35 bits per heavy atom. The summed E-state index contributed by atoms with van der Waals surface area (Å²) in [5, 5.41) is 9.78. The Labute approximate surface area is 113 Å². The zero-order chi connectivity index (χ0) is 12.8. The van der Waals surface area contributed by atoms with Crippen molar-refractivity contribution in [1.29, 1.82) is 0 Å². The number of alkyl halides is 2. The summed E-state index contributed by atoms with van der Waals surface area (Å²) in [5.41, 5.74) is 1.67. The molecule has 0 saturated carbocycles. The van der Waals surface area contributed by atoms with Crippen LogP contribution < -0.4 is 4.74 Å². The summed E-state index contributed by atoms with van der Waals surface area (Å²) in [5.74, 6) is 0.813. The summed E-state index contributed by atoms with van der Waals surface area (Å²) in [6.45, 7) is 4.74. The van der Waals surface area contributed by atoms with Crippen LogP contribution in [0.2, 0.25) is 0 Å². The van der Waals surface area contributed by atoms with Crippen molar-refractivity contribution in [3.63, 3.8) is 0 Å². The van der Waals surface area contributed by atoms with Gasteiger partial charge in [-0.1, -0.05) is 19.4 Å². The molecule has 2 nitrogen and oxygen atoms in total. The lowest BCUT2D eigenvalue weighted by molar-refractivity contribution is 0.192. The molecule has 0 fully saturated rings. The second kappa shape index (κ2) is 7.10. The van der Waals surface area contributed by atoms with Gasteiger partial charge in [-0.2, -0.15) is 0 Å². The molecule has 0 aliphatic carbocycles. The van der Waals surface area contributed by atoms with E-state index in [1.807, 2.05) is 19.1 Å². The number of aryl methyl sites for hydroxylation is 1. The molecule has 1 aromatic rings. The van der Waals surface area contributed by atoms with Crippen LogP contribution in [0.3, 0.4) is 0 Å². The minimum Gasteiger partial charge on any atom is -0.494 e. The van der Waals surface area contributed by atoms with E-state index in [0.29, 0.717) is 6.61 Å². The Morgan fingerprint density at radius 3 is 2.59 bits per heavy atom. The summed E-state index contributed by atoms with van der Waals surface area (Å²) in [4.78, 5) is -0.819. The molecule has 0 amide bonds. The monoisotopic (exact) mass is 276 g/mol. The highest BCUT2D eigenvalue weighted by Gasteiger charge is 2.17.